The number of nitrogens with one attached hydrogen (secondary N) is 1. The van der Waals surface area contributed by atoms with Gasteiger partial charge in [0.15, 0.2) is 11.5 Å². The van der Waals surface area contributed by atoms with Crippen LogP contribution >= 0.6 is 0 Å². The third kappa shape index (κ3) is 3.96. The predicted molar refractivity (Wildman–Crippen MR) is 102 cm³/mol. The summed E-state index contributed by atoms with van der Waals surface area (Å²) >= 11 is 0. The largest absolute Gasteiger partial charge is 0.440 e. The van der Waals surface area contributed by atoms with Crippen LogP contribution in [-0.2, 0) is 6.42 Å². The van der Waals surface area contributed by atoms with E-state index >= 15 is 0 Å². The van der Waals surface area contributed by atoms with Gasteiger partial charge < -0.3 is 9.73 Å². The fourth-order valence-electron chi connectivity index (χ4n) is 3.65. The summed E-state index contributed by atoms with van der Waals surface area (Å²) in [5, 5.41) is 3.19. The minimum Gasteiger partial charge on any atom is -0.440 e. The molecule has 0 spiro atoms. The van der Waals surface area contributed by atoms with Gasteiger partial charge in [-0.3, -0.25) is 4.79 Å². The molecule has 4 heteroatoms. The van der Waals surface area contributed by atoms with Crippen LogP contribution in [0.3, 0.4) is 0 Å². The molecule has 4 nitrogen and oxygen atoms in total. The van der Waals surface area contributed by atoms with E-state index < -0.39 is 0 Å². The Morgan fingerprint density at radius 3 is 2.58 bits per heavy atom. The average molecular weight is 348 g/mol. The van der Waals surface area contributed by atoms with Gasteiger partial charge in [0.25, 0.3) is 5.91 Å². The van der Waals surface area contributed by atoms with Crippen LogP contribution in [0, 0.1) is 0 Å². The molecule has 0 atom stereocenters. The highest BCUT2D eigenvalue weighted by atomic mass is 16.3. The monoisotopic (exact) mass is 348 g/mol. The Morgan fingerprint density at radius 1 is 1.04 bits per heavy atom. The molecule has 0 bridgehead atoms. The van der Waals surface area contributed by atoms with Gasteiger partial charge in [-0.1, -0.05) is 56.0 Å². The van der Waals surface area contributed by atoms with Gasteiger partial charge in [-0.05, 0) is 36.6 Å². The first-order chi connectivity index (χ1) is 12.8. The van der Waals surface area contributed by atoms with Crippen molar-refractivity contribution in [1.29, 1.82) is 0 Å². The second kappa shape index (κ2) is 7.73. The first kappa shape index (κ1) is 16.8. The number of fused-ring (bicyclic) bond motifs is 1. The molecule has 1 aromatic heterocycles. The average Bonchev–Trinajstić information content (AvgIpc) is 2.87. The zero-order valence-electron chi connectivity index (χ0n) is 14.9. The number of carbonyl (C=O) groups is 1. The second-order valence-corrected chi connectivity index (χ2v) is 7.11. The summed E-state index contributed by atoms with van der Waals surface area (Å²) in [6, 6.07) is 15.9. The summed E-state index contributed by atoms with van der Waals surface area (Å²) in [6.45, 7) is 0. The van der Waals surface area contributed by atoms with Crippen molar-refractivity contribution in [3.05, 3.63) is 65.5 Å². The van der Waals surface area contributed by atoms with Gasteiger partial charge in [0.2, 0.25) is 0 Å². The fraction of sp³-hybridized carbons (Fsp3) is 0.364. The highest BCUT2D eigenvalue weighted by Gasteiger charge is 2.17. The van der Waals surface area contributed by atoms with Crippen molar-refractivity contribution in [2.75, 3.05) is 0 Å². The van der Waals surface area contributed by atoms with Crippen molar-refractivity contribution in [2.24, 2.45) is 0 Å². The molecular formula is C22H24N2O2. The maximum atomic E-state index is 12.6. The number of hydrogen-bond acceptors (Lipinski definition) is 3. The van der Waals surface area contributed by atoms with E-state index in [2.05, 4.69) is 22.4 Å². The Balaban J connectivity index is 1.48. The molecule has 1 aliphatic carbocycles. The van der Waals surface area contributed by atoms with Gasteiger partial charge in [-0.15, -0.1) is 0 Å². The van der Waals surface area contributed by atoms with Crippen LogP contribution in [0.2, 0.25) is 0 Å². The molecule has 1 saturated carbocycles. The standard InChI is InChI=1S/C22H24N2O2/c25-22(23-18-10-6-1-2-7-11-18)17-12-13-19-20(15-17)26-21(24-19)14-16-8-4-3-5-9-16/h3-5,8-9,12-13,15,18H,1-2,6-7,10-11,14H2,(H,23,25). The summed E-state index contributed by atoms with van der Waals surface area (Å²) in [5.41, 5.74) is 3.26. The number of nitrogens with zero attached hydrogens (tertiary/aromatic N) is 1. The lowest BCUT2D eigenvalue weighted by Crippen LogP contribution is -2.34. The number of hydrogen-bond donors (Lipinski definition) is 1. The van der Waals surface area contributed by atoms with Crippen LogP contribution in [0.15, 0.2) is 52.9 Å². The predicted octanol–water partition coefficient (Wildman–Crippen LogP) is 4.87. The number of carbonyl (C=O) groups excluding carboxylic acids is 1. The second-order valence-electron chi connectivity index (χ2n) is 7.11. The molecule has 0 saturated heterocycles. The fourth-order valence-corrected chi connectivity index (χ4v) is 3.65. The van der Waals surface area contributed by atoms with Crippen LogP contribution in [-0.4, -0.2) is 16.9 Å². The normalized spacial score (nSPS) is 15.7. The van der Waals surface area contributed by atoms with E-state index in [9.17, 15) is 4.79 Å². The van der Waals surface area contributed by atoms with E-state index in [1.807, 2.05) is 36.4 Å². The zero-order valence-corrected chi connectivity index (χ0v) is 14.9. The first-order valence-corrected chi connectivity index (χ1v) is 9.52. The SMILES string of the molecule is O=C(NC1CCCCCC1)c1ccc2nc(Cc3ccccc3)oc2c1. The van der Waals surface area contributed by atoms with Gasteiger partial charge in [0.05, 0.1) is 0 Å². The lowest BCUT2D eigenvalue weighted by molar-refractivity contribution is 0.0933. The highest BCUT2D eigenvalue weighted by molar-refractivity contribution is 5.97. The van der Waals surface area contributed by atoms with E-state index in [4.69, 9.17) is 4.42 Å². The van der Waals surface area contributed by atoms with Crippen LogP contribution in [0.25, 0.3) is 11.1 Å². The minimum atomic E-state index is -0.0141. The quantitative estimate of drug-likeness (QED) is 0.684. The van der Waals surface area contributed by atoms with Crippen LogP contribution in [0.5, 0.6) is 0 Å². The van der Waals surface area contributed by atoms with E-state index in [0.717, 1.165) is 23.9 Å². The topological polar surface area (TPSA) is 55.1 Å². The lowest BCUT2D eigenvalue weighted by atomic mass is 10.1. The van der Waals surface area contributed by atoms with E-state index in [1.54, 1.807) is 0 Å². The third-order valence-electron chi connectivity index (χ3n) is 5.08. The zero-order chi connectivity index (χ0) is 17.8. The summed E-state index contributed by atoms with van der Waals surface area (Å²) in [4.78, 5) is 17.1. The summed E-state index contributed by atoms with van der Waals surface area (Å²) in [7, 11) is 0. The van der Waals surface area contributed by atoms with Crippen molar-refractivity contribution in [3.8, 4) is 0 Å². The van der Waals surface area contributed by atoms with E-state index in [1.165, 1.54) is 25.7 Å². The maximum Gasteiger partial charge on any atom is 0.251 e. The first-order valence-electron chi connectivity index (χ1n) is 9.52. The molecule has 1 amide bonds. The van der Waals surface area contributed by atoms with Crippen molar-refractivity contribution in [1.82, 2.24) is 10.3 Å². The molecule has 134 valence electrons. The molecule has 0 radical (unpaired) electrons. The minimum absolute atomic E-state index is 0.0141. The number of aromatic nitrogens is 1. The van der Waals surface area contributed by atoms with Crippen LogP contribution < -0.4 is 5.32 Å². The number of rotatable bonds is 4. The number of amides is 1. The van der Waals surface area contributed by atoms with Gasteiger partial charge in [-0.25, -0.2) is 4.98 Å². The number of oxazole rings is 1. The Hall–Kier alpha value is -2.62. The third-order valence-corrected chi connectivity index (χ3v) is 5.08. The van der Waals surface area contributed by atoms with Gasteiger partial charge in [-0.2, -0.15) is 0 Å². The Bertz CT molecular complexity index is 878. The molecule has 1 fully saturated rings. The van der Waals surface area contributed by atoms with Gasteiger partial charge in [0.1, 0.15) is 5.52 Å². The molecule has 26 heavy (non-hydrogen) atoms. The molecule has 0 aliphatic heterocycles. The molecular weight excluding hydrogens is 324 g/mol. The van der Waals surface area contributed by atoms with Crippen molar-refractivity contribution in [2.45, 2.75) is 51.0 Å². The molecule has 0 unspecified atom stereocenters. The van der Waals surface area contributed by atoms with Crippen molar-refractivity contribution in [3.63, 3.8) is 0 Å². The lowest BCUT2D eigenvalue weighted by Gasteiger charge is -2.16. The van der Waals surface area contributed by atoms with Gasteiger partial charge >= 0.3 is 0 Å². The summed E-state index contributed by atoms with van der Waals surface area (Å²) < 4.78 is 5.88. The van der Waals surface area contributed by atoms with E-state index in [-0.39, 0.29) is 5.91 Å². The van der Waals surface area contributed by atoms with Crippen molar-refractivity contribution >= 4 is 17.0 Å². The summed E-state index contributed by atoms with van der Waals surface area (Å²) in [6.07, 6.45) is 7.78. The number of benzene rings is 2. The Labute approximate surface area is 153 Å². The Morgan fingerprint density at radius 2 is 1.81 bits per heavy atom. The highest BCUT2D eigenvalue weighted by Crippen LogP contribution is 2.21. The van der Waals surface area contributed by atoms with Crippen molar-refractivity contribution < 1.29 is 9.21 Å². The molecule has 4 rings (SSSR count). The summed E-state index contributed by atoms with van der Waals surface area (Å²) in [5.74, 6) is 0.660. The molecule has 1 aliphatic rings. The van der Waals surface area contributed by atoms with Crippen LogP contribution in [0.1, 0.15) is 60.3 Å². The smallest absolute Gasteiger partial charge is 0.251 e. The van der Waals surface area contributed by atoms with E-state index in [0.29, 0.717) is 29.5 Å². The molecule has 1 N–H and O–H groups in total. The maximum absolute atomic E-state index is 12.6. The molecule has 2 aromatic carbocycles. The Kier molecular flexibility index (Phi) is 5.00. The van der Waals surface area contributed by atoms with Gasteiger partial charge in [0, 0.05) is 18.0 Å². The molecule has 3 aromatic rings. The van der Waals surface area contributed by atoms with Crippen LogP contribution in [0.4, 0.5) is 0 Å². The molecule has 1 heterocycles.